The molecule has 1 N–H and O–H groups in total. The smallest absolute Gasteiger partial charge is 0.261 e. The van der Waals surface area contributed by atoms with Crippen molar-refractivity contribution in [3.05, 3.63) is 70.3 Å². The molecule has 0 saturated carbocycles. The Balaban J connectivity index is 1.81. The van der Waals surface area contributed by atoms with Crippen LogP contribution >= 0.6 is 0 Å². The van der Waals surface area contributed by atoms with Crippen molar-refractivity contribution in [1.29, 1.82) is 0 Å². The molecule has 0 atom stereocenters. The average Bonchev–Trinajstić information content (AvgIpc) is 2.58. The van der Waals surface area contributed by atoms with E-state index in [-0.39, 0.29) is 17.8 Å². The monoisotopic (exact) mass is 326 g/mol. The van der Waals surface area contributed by atoms with Gasteiger partial charge < -0.3 is 5.32 Å². The van der Waals surface area contributed by atoms with Gasteiger partial charge in [-0.25, -0.2) is 9.37 Å². The largest absolute Gasteiger partial charge is 0.350 e. The van der Waals surface area contributed by atoms with Crippen LogP contribution in [0.3, 0.4) is 0 Å². The van der Waals surface area contributed by atoms with E-state index in [4.69, 9.17) is 0 Å². The molecule has 2 heterocycles. The van der Waals surface area contributed by atoms with Crippen molar-refractivity contribution in [2.45, 2.75) is 20.0 Å². The van der Waals surface area contributed by atoms with Crippen molar-refractivity contribution < 1.29 is 9.18 Å². The van der Waals surface area contributed by atoms with Crippen molar-refractivity contribution in [3.63, 3.8) is 0 Å². The molecule has 0 aliphatic heterocycles. The summed E-state index contributed by atoms with van der Waals surface area (Å²) in [6.45, 7) is 1.81. The molecule has 0 bridgehead atoms. The zero-order valence-corrected chi connectivity index (χ0v) is 13.0. The first-order valence-corrected chi connectivity index (χ1v) is 7.37. The molecule has 0 fully saturated rings. The lowest BCUT2D eigenvalue weighted by atomic mass is 10.2. The Bertz CT molecular complexity index is 954. The third-order valence-corrected chi connectivity index (χ3v) is 3.65. The van der Waals surface area contributed by atoms with Crippen LogP contribution in [0.2, 0.25) is 0 Å². The molecule has 3 aromatic rings. The van der Waals surface area contributed by atoms with E-state index >= 15 is 0 Å². The molecule has 3 rings (SSSR count). The summed E-state index contributed by atoms with van der Waals surface area (Å²) in [6.07, 6.45) is 3.27. The summed E-state index contributed by atoms with van der Waals surface area (Å²) in [4.78, 5) is 32.7. The number of nitrogens with zero attached hydrogens (tertiary/aromatic N) is 3. The van der Waals surface area contributed by atoms with Gasteiger partial charge in [0.1, 0.15) is 18.2 Å². The minimum absolute atomic E-state index is 0.155. The second-order valence-electron chi connectivity index (χ2n) is 5.34. The van der Waals surface area contributed by atoms with Gasteiger partial charge in [-0.15, -0.1) is 0 Å². The number of amides is 1. The van der Waals surface area contributed by atoms with Crippen molar-refractivity contribution >= 4 is 16.8 Å². The standard InChI is InChI=1S/C17H15FN4O2/c1-11-21-15-3-2-13(18)8-14(15)17(24)22(11)10-16(23)20-9-12-4-6-19-7-5-12/h2-8H,9-10H2,1H3,(H,20,23). The van der Waals surface area contributed by atoms with Gasteiger partial charge >= 0.3 is 0 Å². The number of carbonyl (C=O) groups excluding carboxylic acids is 1. The lowest BCUT2D eigenvalue weighted by molar-refractivity contribution is -0.121. The Morgan fingerprint density at radius 3 is 2.75 bits per heavy atom. The summed E-state index contributed by atoms with van der Waals surface area (Å²) >= 11 is 0. The molecule has 2 aromatic heterocycles. The Hall–Kier alpha value is -3.09. The van der Waals surface area contributed by atoms with Crippen LogP contribution in [0.1, 0.15) is 11.4 Å². The first kappa shape index (κ1) is 15.8. The highest BCUT2D eigenvalue weighted by molar-refractivity contribution is 5.79. The summed E-state index contributed by atoms with van der Waals surface area (Å²) in [7, 11) is 0. The molecule has 122 valence electrons. The molecular weight excluding hydrogens is 311 g/mol. The number of pyridine rings is 1. The van der Waals surface area contributed by atoms with Crippen LogP contribution in [0.25, 0.3) is 10.9 Å². The van der Waals surface area contributed by atoms with E-state index < -0.39 is 11.4 Å². The van der Waals surface area contributed by atoms with E-state index in [1.54, 1.807) is 31.5 Å². The van der Waals surface area contributed by atoms with Crippen LogP contribution in [0.4, 0.5) is 4.39 Å². The Kier molecular flexibility index (Phi) is 4.33. The highest BCUT2D eigenvalue weighted by Crippen LogP contribution is 2.10. The maximum absolute atomic E-state index is 13.4. The second-order valence-corrected chi connectivity index (χ2v) is 5.34. The number of benzene rings is 1. The highest BCUT2D eigenvalue weighted by Gasteiger charge is 2.12. The lowest BCUT2D eigenvalue weighted by Gasteiger charge is -2.11. The Morgan fingerprint density at radius 1 is 1.25 bits per heavy atom. The third kappa shape index (κ3) is 3.29. The van der Waals surface area contributed by atoms with E-state index in [9.17, 15) is 14.0 Å². The van der Waals surface area contributed by atoms with Gasteiger partial charge in [-0.3, -0.25) is 19.1 Å². The van der Waals surface area contributed by atoms with Crippen LogP contribution in [0.5, 0.6) is 0 Å². The fraction of sp³-hybridized carbons (Fsp3) is 0.176. The van der Waals surface area contributed by atoms with Crippen LogP contribution in [-0.2, 0) is 17.9 Å². The van der Waals surface area contributed by atoms with Gasteiger partial charge in [0.15, 0.2) is 0 Å². The topological polar surface area (TPSA) is 76.9 Å². The van der Waals surface area contributed by atoms with Gasteiger partial charge in [0.2, 0.25) is 5.91 Å². The number of rotatable bonds is 4. The molecule has 0 radical (unpaired) electrons. The summed E-state index contributed by atoms with van der Waals surface area (Å²) < 4.78 is 14.6. The number of carbonyl (C=O) groups is 1. The van der Waals surface area contributed by atoms with Crippen molar-refractivity contribution in [2.24, 2.45) is 0 Å². The number of halogens is 1. The van der Waals surface area contributed by atoms with E-state index in [2.05, 4.69) is 15.3 Å². The van der Waals surface area contributed by atoms with E-state index in [1.165, 1.54) is 16.7 Å². The minimum atomic E-state index is -0.515. The van der Waals surface area contributed by atoms with E-state index in [0.717, 1.165) is 11.6 Å². The van der Waals surface area contributed by atoms with Gasteiger partial charge in [0.05, 0.1) is 10.9 Å². The highest BCUT2D eigenvalue weighted by atomic mass is 19.1. The normalized spacial score (nSPS) is 10.8. The van der Waals surface area contributed by atoms with Crippen molar-refractivity contribution in [3.8, 4) is 0 Å². The average molecular weight is 326 g/mol. The number of aryl methyl sites for hydroxylation is 1. The molecule has 1 aromatic carbocycles. The maximum Gasteiger partial charge on any atom is 0.261 e. The summed E-state index contributed by atoms with van der Waals surface area (Å²) in [5, 5.41) is 2.89. The fourth-order valence-electron chi connectivity index (χ4n) is 2.39. The SMILES string of the molecule is Cc1nc2ccc(F)cc2c(=O)n1CC(=O)NCc1ccncc1. The number of aromatic nitrogens is 3. The van der Waals surface area contributed by atoms with Gasteiger partial charge in [-0.05, 0) is 42.8 Å². The molecule has 24 heavy (non-hydrogen) atoms. The maximum atomic E-state index is 13.4. The van der Waals surface area contributed by atoms with Gasteiger partial charge in [0.25, 0.3) is 5.56 Å². The molecule has 1 amide bonds. The zero-order chi connectivity index (χ0) is 17.1. The molecule has 0 aliphatic rings. The predicted octanol–water partition coefficient (Wildman–Crippen LogP) is 1.56. The predicted molar refractivity (Wildman–Crippen MR) is 86.8 cm³/mol. The Labute approximate surface area is 137 Å². The minimum Gasteiger partial charge on any atom is -0.350 e. The molecule has 7 heteroatoms. The Morgan fingerprint density at radius 2 is 2.00 bits per heavy atom. The van der Waals surface area contributed by atoms with Crippen LogP contribution in [-0.4, -0.2) is 20.4 Å². The number of nitrogens with one attached hydrogen (secondary N) is 1. The first-order chi connectivity index (χ1) is 11.5. The van der Waals surface area contributed by atoms with Gasteiger partial charge in [0, 0.05) is 18.9 Å². The fourth-order valence-corrected chi connectivity index (χ4v) is 2.39. The molecule has 6 nitrogen and oxygen atoms in total. The van der Waals surface area contributed by atoms with E-state index in [0.29, 0.717) is 17.9 Å². The third-order valence-electron chi connectivity index (χ3n) is 3.65. The number of hydrogen-bond donors (Lipinski definition) is 1. The molecular formula is C17H15FN4O2. The summed E-state index contributed by atoms with van der Waals surface area (Å²) in [5.74, 6) is -0.438. The first-order valence-electron chi connectivity index (χ1n) is 7.37. The number of fused-ring (bicyclic) bond motifs is 1. The molecule has 0 unspecified atom stereocenters. The quantitative estimate of drug-likeness (QED) is 0.789. The van der Waals surface area contributed by atoms with E-state index in [1.807, 2.05) is 0 Å². The van der Waals surface area contributed by atoms with Crippen molar-refractivity contribution in [1.82, 2.24) is 19.9 Å². The second kappa shape index (κ2) is 6.57. The zero-order valence-electron chi connectivity index (χ0n) is 13.0. The van der Waals surface area contributed by atoms with Gasteiger partial charge in [-0.2, -0.15) is 0 Å². The molecule has 0 aliphatic carbocycles. The van der Waals surface area contributed by atoms with Crippen LogP contribution < -0.4 is 10.9 Å². The van der Waals surface area contributed by atoms with Crippen molar-refractivity contribution in [2.75, 3.05) is 0 Å². The lowest BCUT2D eigenvalue weighted by Crippen LogP contribution is -2.33. The van der Waals surface area contributed by atoms with Gasteiger partial charge in [-0.1, -0.05) is 0 Å². The molecule has 0 saturated heterocycles. The molecule has 0 spiro atoms. The summed E-state index contributed by atoms with van der Waals surface area (Å²) in [5.41, 5.74) is 0.879. The van der Waals surface area contributed by atoms with Crippen LogP contribution in [0.15, 0.2) is 47.5 Å². The van der Waals surface area contributed by atoms with Crippen LogP contribution in [0, 0.1) is 12.7 Å². The number of hydrogen-bond acceptors (Lipinski definition) is 4. The summed E-state index contributed by atoms with van der Waals surface area (Å²) in [6, 6.07) is 7.42.